The van der Waals surface area contributed by atoms with Crippen LogP contribution in [-0.2, 0) is 5.41 Å². The van der Waals surface area contributed by atoms with Gasteiger partial charge >= 0.3 is 0 Å². The summed E-state index contributed by atoms with van der Waals surface area (Å²) < 4.78 is 1.19. The van der Waals surface area contributed by atoms with Crippen molar-refractivity contribution in [3.05, 3.63) is 40.4 Å². The van der Waals surface area contributed by atoms with Gasteiger partial charge < -0.3 is 0 Å². The number of hydrogen-bond acceptors (Lipinski definition) is 1. The lowest BCUT2D eigenvalue weighted by atomic mass is 9.87. The number of rotatable bonds is 3. The summed E-state index contributed by atoms with van der Waals surface area (Å²) in [6.45, 7) is 12.8. The van der Waals surface area contributed by atoms with Crippen LogP contribution in [0.5, 0.6) is 0 Å². The molecule has 88 valence electrons. The van der Waals surface area contributed by atoms with E-state index in [0.717, 1.165) is 5.75 Å². The van der Waals surface area contributed by atoms with E-state index < -0.39 is 0 Å². The van der Waals surface area contributed by atoms with E-state index in [1.165, 1.54) is 20.5 Å². The molecule has 1 rings (SSSR count). The normalized spacial score (nSPS) is 11.6. The molecule has 0 atom stereocenters. The first-order valence-corrected chi connectivity index (χ1v) is 7.16. The summed E-state index contributed by atoms with van der Waals surface area (Å²) in [5.41, 5.74) is 2.79. The first-order chi connectivity index (χ1) is 7.32. The Morgan fingerprint density at radius 3 is 2.50 bits per heavy atom. The topological polar surface area (TPSA) is 0 Å². The summed E-state index contributed by atoms with van der Waals surface area (Å²) in [4.78, 5) is 1.35. The summed E-state index contributed by atoms with van der Waals surface area (Å²) in [7, 11) is 0. The zero-order valence-corrected chi connectivity index (χ0v) is 12.8. The summed E-state index contributed by atoms with van der Waals surface area (Å²) in [5, 5.41) is 0. The highest BCUT2D eigenvalue weighted by molar-refractivity contribution is 9.10. The fraction of sp³-hybridized carbons (Fsp3) is 0.429. The van der Waals surface area contributed by atoms with Crippen molar-refractivity contribution < 1.29 is 0 Å². The first-order valence-electron chi connectivity index (χ1n) is 5.38. The predicted molar refractivity (Wildman–Crippen MR) is 78.4 cm³/mol. The van der Waals surface area contributed by atoms with Crippen LogP contribution in [-0.4, -0.2) is 5.75 Å². The van der Waals surface area contributed by atoms with Gasteiger partial charge in [0.05, 0.1) is 0 Å². The van der Waals surface area contributed by atoms with Crippen LogP contribution >= 0.6 is 27.7 Å². The summed E-state index contributed by atoms with van der Waals surface area (Å²) in [5.74, 6) is 0.978. The maximum Gasteiger partial charge on any atom is 0.0314 e. The van der Waals surface area contributed by atoms with Crippen molar-refractivity contribution in [1.29, 1.82) is 0 Å². The van der Waals surface area contributed by atoms with Crippen LogP contribution in [0.4, 0.5) is 0 Å². The number of hydrogen-bond donors (Lipinski definition) is 0. The summed E-state index contributed by atoms with van der Waals surface area (Å²) in [6, 6.07) is 6.43. The quantitative estimate of drug-likeness (QED) is 0.531. The highest BCUT2D eigenvalue weighted by Crippen LogP contribution is 2.37. The minimum absolute atomic E-state index is 0.182. The molecular formula is C14H19BrS. The van der Waals surface area contributed by atoms with E-state index in [4.69, 9.17) is 0 Å². The molecule has 0 saturated carbocycles. The maximum absolute atomic E-state index is 3.96. The van der Waals surface area contributed by atoms with E-state index in [9.17, 15) is 0 Å². The number of halogens is 1. The predicted octanol–water partition coefficient (Wildman–Crippen LogP) is 5.41. The molecule has 16 heavy (non-hydrogen) atoms. The lowest BCUT2D eigenvalue weighted by Gasteiger charge is -2.23. The Kier molecular flexibility index (Phi) is 4.69. The molecule has 0 heterocycles. The van der Waals surface area contributed by atoms with Gasteiger partial charge in [0.2, 0.25) is 0 Å². The summed E-state index contributed by atoms with van der Waals surface area (Å²) in [6.07, 6.45) is 0. The van der Waals surface area contributed by atoms with E-state index in [-0.39, 0.29) is 5.41 Å². The molecule has 0 aliphatic heterocycles. The van der Waals surface area contributed by atoms with Crippen molar-refractivity contribution in [2.45, 2.75) is 38.0 Å². The molecule has 1 aromatic rings. The molecule has 0 aliphatic rings. The standard InChI is InChI=1S/C14H19BrS/c1-10(2)9-16-13-11(14(3,4)5)7-6-8-12(13)15/h6-8H,1,9H2,2-5H3. The van der Waals surface area contributed by atoms with Crippen LogP contribution < -0.4 is 0 Å². The lowest BCUT2D eigenvalue weighted by molar-refractivity contribution is 0.577. The molecule has 0 spiro atoms. The third-order valence-electron chi connectivity index (χ3n) is 2.24. The Labute approximate surface area is 112 Å². The van der Waals surface area contributed by atoms with Gasteiger partial charge in [-0.05, 0) is 39.9 Å². The Bertz CT molecular complexity index is 388. The van der Waals surface area contributed by atoms with Gasteiger partial charge in [0.1, 0.15) is 0 Å². The van der Waals surface area contributed by atoms with Crippen molar-refractivity contribution >= 4 is 27.7 Å². The molecule has 0 N–H and O–H groups in total. The van der Waals surface area contributed by atoms with Gasteiger partial charge in [-0.1, -0.05) is 45.1 Å². The SMILES string of the molecule is C=C(C)CSc1c(Br)cccc1C(C)(C)C. The van der Waals surface area contributed by atoms with Gasteiger partial charge in [-0.3, -0.25) is 0 Å². The van der Waals surface area contributed by atoms with Crippen molar-refractivity contribution in [3.63, 3.8) is 0 Å². The molecule has 0 unspecified atom stereocenters. The molecule has 1 aromatic carbocycles. The minimum Gasteiger partial charge on any atom is -0.120 e. The van der Waals surface area contributed by atoms with Crippen molar-refractivity contribution in [3.8, 4) is 0 Å². The van der Waals surface area contributed by atoms with E-state index in [2.05, 4.69) is 68.4 Å². The van der Waals surface area contributed by atoms with Gasteiger partial charge in [0, 0.05) is 15.1 Å². The Hall–Kier alpha value is -0.210. The lowest BCUT2D eigenvalue weighted by Crippen LogP contribution is -2.12. The third-order valence-corrected chi connectivity index (χ3v) is 4.53. The largest absolute Gasteiger partial charge is 0.120 e. The van der Waals surface area contributed by atoms with Crippen LogP contribution in [0.2, 0.25) is 0 Å². The van der Waals surface area contributed by atoms with Crippen molar-refractivity contribution in [2.24, 2.45) is 0 Å². The van der Waals surface area contributed by atoms with Gasteiger partial charge in [-0.2, -0.15) is 0 Å². The van der Waals surface area contributed by atoms with Crippen molar-refractivity contribution in [1.82, 2.24) is 0 Å². The van der Waals surface area contributed by atoms with Gasteiger partial charge in [0.15, 0.2) is 0 Å². The van der Waals surface area contributed by atoms with Crippen LogP contribution in [0.1, 0.15) is 33.3 Å². The monoisotopic (exact) mass is 298 g/mol. The fourth-order valence-electron chi connectivity index (χ4n) is 1.44. The van der Waals surface area contributed by atoms with Crippen LogP contribution in [0, 0.1) is 0 Å². The van der Waals surface area contributed by atoms with E-state index in [1.54, 1.807) is 0 Å². The molecule has 0 aromatic heterocycles. The highest BCUT2D eigenvalue weighted by Gasteiger charge is 2.19. The first kappa shape index (κ1) is 13.9. The van der Waals surface area contributed by atoms with E-state index in [0.29, 0.717) is 0 Å². The van der Waals surface area contributed by atoms with Crippen LogP contribution in [0.25, 0.3) is 0 Å². The third kappa shape index (κ3) is 3.67. The highest BCUT2D eigenvalue weighted by atomic mass is 79.9. The van der Waals surface area contributed by atoms with Crippen LogP contribution in [0.3, 0.4) is 0 Å². The second-order valence-corrected chi connectivity index (χ2v) is 6.95. The summed E-state index contributed by atoms with van der Waals surface area (Å²) >= 11 is 5.50. The number of benzene rings is 1. The average molecular weight is 299 g/mol. The molecule has 2 heteroatoms. The molecule has 0 nitrogen and oxygen atoms in total. The smallest absolute Gasteiger partial charge is 0.0314 e. The number of thioether (sulfide) groups is 1. The molecular weight excluding hydrogens is 280 g/mol. The van der Waals surface area contributed by atoms with Crippen LogP contribution in [0.15, 0.2) is 39.7 Å². The van der Waals surface area contributed by atoms with E-state index >= 15 is 0 Å². The van der Waals surface area contributed by atoms with Crippen molar-refractivity contribution in [2.75, 3.05) is 5.75 Å². The molecule has 0 radical (unpaired) electrons. The second kappa shape index (κ2) is 5.42. The molecule has 0 amide bonds. The Balaban J connectivity index is 3.09. The molecule has 0 fully saturated rings. The Morgan fingerprint density at radius 2 is 2.00 bits per heavy atom. The average Bonchev–Trinajstić information content (AvgIpc) is 2.13. The van der Waals surface area contributed by atoms with Gasteiger partial charge in [0.25, 0.3) is 0 Å². The zero-order valence-electron chi connectivity index (χ0n) is 10.4. The second-order valence-electron chi connectivity index (χ2n) is 5.11. The molecule has 0 saturated heterocycles. The molecule has 0 aliphatic carbocycles. The minimum atomic E-state index is 0.182. The van der Waals surface area contributed by atoms with Gasteiger partial charge in [-0.25, -0.2) is 0 Å². The molecule has 0 bridgehead atoms. The zero-order chi connectivity index (χ0) is 12.3. The van der Waals surface area contributed by atoms with E-state index in [1.807, 2.05) is 11.8 Å². The maximum atomic E-state index is 3.96. The Morgan fingerprint density at radius 1 is 1.38 bits per heavy atom. The van der Waals surface area contributed by atoms with Gasteiger partial charge in [-0.15, -0.1) is 11.8 Å². The fourth-order valence-corrected chi connectivity index (χ4v) is 3.28.